The molecule has 0 atom stereocenters. The zero-order valence-corrected chi connectivity index (χ0v) is 51.8. The second-order valence-electron chi connectivity index (χ2n) is 25.2. The molecule has 0 radical (unpaired) electrons. The lowest BCUT2D eigenvalue weighted by Crippen LogP contribution is -2.16. The van der Waals surface area contributed by atoms with E-state index in [9.17, 15) is 0 Å². The predicted molar refractivity (Wildman–Crippen MR) is 379 cm³/mol. The minimum absolute atomic E-state index is 0.824. The SMILES string of the molecule is Cc1ccc2c(c1)c1cc(C)ccc1n2-c1c(-c2cccc(-c3ccccc3)n2)c(-n2c3ccc(C)cc3c3cc(C)ccc32)c(-n2c3ccc(C)cc3c3cc(C)ccc32)c(-c2cccc(-c3ccccc3)n2)c1-n1c2ccc(C)cc2c2cc(C)ccc21. The van der Waals surface area contributed by atoms with Crippen LogP contribution >= 0.6 is 0 Å². The van der Waals surface area contributed by atoms with Crippen LogP contribution in [0, 0.1) is 55.4 Å². The van der Waals surface area contributed by atoms with Crippen molar-refractivity contribution in [2.24, 2.45) is 0 Å². The summed E-state index contributed by atoms with van der Waals surface area (Å²) in [6, 6.07) is 90.8. The van der Waals surface area contributed by atoms with Crippen molar-refractivity contribution in [3.8, 4) is 67.8 Å². The number of hydrogen-bond donors (Lipinski definition) is 0. The quantitative estimate of drug-likeness (QED) is 0.152. The van der Waals surface area contributed by atoms with Gasteiger partial charge in [-0.05, 0) is 177 Å². The number of aryl methyl sites for hydroxylation is 8. The van der Waals surface area contributed by atoms with E-state index in [0.29, 0.717) is 0 Å². The Morgan fingerprint density at radius 1 is 0.200 bits per heavy atom. The lowest BCUT2D eigenvalue weighted by molar-refractivity contribution is 1.04. The summed E-state index contributed by atoms with van der Waals surface area (Å²) < 4.78 is 10.4. The molecule has 0 aliphatic carbocycles. The Morgan fingerprint density at radius 2 is 0.400 bits per heavy atom. The van der Waals surface area contributed by atoms with Gasteiger partial charge in [-0.15, -0.1) is 0 Å². The summed E-state index contributed by atoms with van der Waals surface area (Å²) >= 11 is 0. The number of nitrogens with zero attached hydrogens (tertiary/aromatic N) is 6. The number of benzene rings is 11. The molecule has 0 amide bonds. The third kappa shape index (κ3) is 8.17. The highest BCUT2D eigenvalue weighted by Gasteiger charge is 2.37. The molecule has 6 heteroatoms. The third-order valence-electron chi connectivity index (χ3n) is 18.7. The molecular formula is C84H64N6. The number of hydrogen-bond acceptors (Lipinski definition) is 2. The van der Waals surface area contributed by atoms with E-state index in [0.717, 1.165) is 112 Å². The fourth-order valence-corrected chi connectivity index (χ4v) is 14.7. The zero-order valence-electron chi connectivity index (χ0n) is 51.8. The van der Waals surface area contributed by atoms with E-state index < -0.39 is 0 Å². The molecule has 0 fully saturated rings. The fraction of sp³-hybridized carbons (Fsp3) is 0.0952. The molecule has 0 unspecified atom stereocenters. The average Bonchev–Trinajstić information content (AvgIpc) is 1.42. The first-order chi connectivity index (χ1) is 43.9. The molecule has 0 aliphatic rings. The zero-order chi connectivity index (χ0) is 60.8. The number of aromatic nitrogens is 6. The normalized spacial score (nSPS) is 12.0. The Balaban J connectivity index is 1.26. The first-order valence-corrected chi connectivity index (χ1v) is 31.3. The second-order valence-corrected chi connectivity index (χ2v) is 25.2. The van der Waals surface area contributed by atoms with E-state index in [4.69, 9.17) is 9.97 Å². The monoisotopic (exact) mass is 1160 g/mol. The molecule has 11 aromatic carbocycles. The summed E-state index contributed by atoms with van der Waals surface area (Å²) in [4.78, 5) is 12.1. The summed E-state index contributed by atoms with van der Waals surface area (Å²) in [6.07, 6.45) is 0. The molecule has 0 aliphatic heterocycles. The highest BCUT2D eigenvalue weighted by molar-refractivity contribution is 6.19. The third-order valence-corrected chi connectivity index (χ3v) is 18.7. The van der Waals surface area contributed by atoms with Crippen molar-refractivity contribution in [2.75, 3.05) is 0 Å². The maximum absolute atomic E-state index is 6.07. The molecule has 6 heterocycles. The van der Waals surface area contributed by atoms with Crippen LogP contribution in [0.25, 0.3) is 155 Å². The van der Waals surface area contributed by atoms with Crippen LogP contribution in [0.4, 0.5) is 0 Å². The van der Waals surface area contributed by atoms with Gasteiger partial charge in [-0.1, -0.05) is 166 Å². The standard InChI is InChI=1S/C84H64N6/c1-49-25-33-71-59(41-49)60-42-50(2)26-34-72(60)87(71)81-79(69-23-15-21-67(85-69)57-17-11-9-12-18-57)83(89-75-37-29-53(5)45-63(75)64-46-54(6)30-38-76(64)89)84(90-77-39-31-55(7)47-65(77)66-48-56(8)32-40-78(66)90)80(70-24-16-22-68(86-70)58-19-13-10-14-20-58)82(81)88-73-35-27-51(3)43-61(73)62-44-52(4)28-36-74(62)88/h9-48H,1-8H3. The van der Waals surface area contributed by atoms with Crippen molar-refractivity contribution in [2.45, 2.75) is 55.4 Å². The van der Waals surface area contributed by atoms with E-state index in [1.54, 1.807) is 0 Å². The van der Waals surface area contributed by atoms with Gasteiger partial charge in [0.25, 0.3) is 0 Å². The minimum Gasteiger partial charge on any atom is -0.306 e. The topological polar surface area (TPSA) is 45.5 Å². The number of rotatable bonds is 8. The van der Waals surface area contributed by atoms with Gasteiger partial charge in [0.05, 0.1) is 101 Å². The average molecular weight is 1160 g/mol. The Kier molecular flexibility index (Phi) is 12.0. The first kappa shape index (κ1) is 53.2. The van der Waals surface area contributed by atoms with E-state index >= 15 is 0 Å². The van der Waals surface area contributed by atoms with Gasteiger partial charge in [0.2, 0.25) is 0 Å². The number of fused-ring (bicyclic) bond motifs is 12. The molecule has 6 nitrogen and oxygen atoms in total. The van der Waals surface area contributed by atoms with Gasteiger partial charge in [0, 0.05) is 54.2 Å². The Labute approximate surface area is 522 Å². The van der Waals surface area contributed by atoms with Crippen LogP contribution in [-0.2, 0) is 0 Å². The van der Waals surface area contributed by atoms with E-state index in [2.05, 4.69) is 316 Å². The predicted octanol–water partition coefficient (Wildman–Crippen LogP) is 22.0. The van der Waals surface area contributed by atoms with E-state index in [1.165, 1.54) is 87.6 Å². The van der Waals surface area contributed by atoms with Crippen LogP contribution in [-0.4, -0.2) is 28.2 Å². The smallest absolute Gasteiger partial charge is 0.0827 e. The maximum Gasteiger partial charge on any atom is 0.0827 e. The van der Waals surface area contributed by atoms with Crippen LogP contribution in [0.1, 0.15) is 44.5 Å². The molecule has 0 spiro atoms. The molecule has 0 saturated heterocycles. The summed E-state index contributed by atoms with van der Waals surface area (Å²) in [6.45, 7) is 17.7. The Bertz CT molecular complexity index is 4990. The van der Waals surface area contributed by atoms with Crippen LogP contribution in [0.15, 0.2) is 243 Å². The number of pyridine rings is 2. The van der Waals surface area contributed by atoms with Crippen molar-refractivity contribution in [1.82, 2.24) is 28.2 Å². The van der Waals surface area contributed by atoms with Crippen molar-refractivity contribution in [3.63, 3.8) is 0 Å². The largest absolute Gasteiger partial charge is 0.306 e. The molecule has 6 aromatic heterocycles. The van der Waals surface area contributed by atoms with E-state index in [1.807, 2.05) is 0 Å². The van der Waals surface area contributed by atoms with Gasteiger partial charge < -0.3 is 18.3 Å². The molecule has 430 valence electrons. The molecule has 17 rings (SSSR count). The van der Waals surface area contributed by atoms with Crippen LogP contribution in [0.2, 0.25) is 0 Å². The molecule has 17 aromatic rings. The van der Waals surface area contributed by atoms with Gasteiger partial charge >= 0.3 is 0 Å². The molecular weight excluding hydrogens is 1090 g/mol. The highest BCUT2D eigenvalue weighted by Crippen LogP contribution is 2.55. The fourth-order valence-electron chi connectivity index (χ4n) is 14.7. The van der Waals surface area contributed by atoms with Crippen molar-refractivity contribution in [1.29, 1.82) is 0 Å². The van der Waals surface area contributed by atoms with Crippen LogP contribution in [0.5, 0.6) is 0 Å². The van der Waals surface area contributed by atoms with E-state index in [-0.39, 0.29) is 0 Å². The van der Waals surface area contributed by atoms with Gasteiger partial charge in [-0.3, -0.25) is 0 Å². The molecule has 90 heavy (non-hydrogen) atoms. The summed E-state index contributed by atoms with van der Waals surface area (Å²) in [5.74, 6) is 0. The van der Waals surface area contributed by atoms with Crippen molar-refractivity contribution in [3.05, 3.63) is 287 Å². The summed E-state index contributed by atoms with van der Waals surface area (Å²) in [5.41, 5.74) is 29.5. The van der Waals surface area contributed by atoms with Crippen LogP contribution in [0.3, 0.4) is 0 Å². The lowest BCUT2D eigenvalue weighted by Gasteiger charge is -2.31. The van der Waals surface area contributed by atoms with Gasteiger partial charge in [-0.2, -0.15) is 0 Å². The summed E-state index contributed by atoms with van der Waals surface area (Å²) in [7, 11) is 0. The minimum atomic E-state index is 0.824. The highest BCUT2D eigenvalue weighted by atomic mass is 15.1. The second kappa shape index (κ2) is 20.2. The van der Waals surface area contributed by atoms with Gasteiger partial charge in [0.1, 0.15) is 0 Å². The molecule has 0 bridgehead atoms. The lowest BCUT2D eigenvalue weighted by atomic mass is 9.93. The van der Waals surface area contributed by atoms with Crippen LogP contribution < -0.4 is 0 Å². The summed E-state index contributed by atoms with van der Waals surface area (Å²) in [5, 5.41) is 9.43. The Hall–Kier alpha value is -11.1. The Morgan fingerprint density at radius 3 is 0.611 bits per heavy atom. The van der Waals surface area contributed by atoms with Gasteiger partial charge in [0.15, 0.2) is 0 Å². The van der Waals surface area contributed by atoms with Crippen molar-refractivity contribution < 1.29 is 0 Å². The first-order valence-electron chi connectivity index (χ1n) is 31.3. The van der Waals surface area contributed by atoms with Gasteiger partial charge in [-0.25, -0.2) is 9.97 Å². The maximum atomic E-state index is 6.07. The van der Waals surface area contributed by atoms with Crippen molar-refractivity contribution >= 4 is 87.2 Å². The molecule has 0 saturated carbocycles. The molecule has 0 N–H and O–H groups in total.